The standard InChI is InChI=1S/C15H16O2/c1-2-11-10-13(16)8-9-14(11)15(17)12-6-4-3-5-7-12/h3-10,15-17H,2H2,1H3. The topological polar surface area (TPSA) is 40.5 Å². The molecule has 0 aliphatic heterocycles. The van der Waals surface area contributed by atoms with Crippen LogP contribution in [-0.4, -0.2) is 10.2 Å². The molecular weight excluding hydrogens is 212 g/mol. The SMILES string of the molecule is CCc1cc(O)ccc1C(O)c1ccccc1. The van der Waals surface area contributed by atoms with Crippen LogP contribution < -0.4 is 0 Å². The number of aliphatic hydroxyl groups excluding tert-OH is 1. The van der Waals surface area contributed by atoms with E-state index in [1.807, 2.05) is 37.3 Å². The van der Waals surface area contributed by atoms with Crippen LogP contribution >= 0.6 is 0 Å². The van der Waals surface area contributed by atoms with Crippen LogP contribution in [0.15, 0.2) is 48.5 Å². The molecule has 1 atom stereocenters. The van der Waals surface area contributed by atoms with Gasteiger partial charge in [-0.1, -0.05) is 43.3 Å². The highest BCUT2D eigenvalue weighted by atomic mass is 16.3. The number of hydrogen-bond donors (Lipinski definition) is 2. The van der Waals surface area contributed by atoms with Crippen molar-refractivity contribution in [1.82, 2.24) is 0 Å². The average molecular weight is 228 g/mol. The van der Waals surface area contributed by atoms with Crippen molar-refractivity contribution in [2.75, 3.05) is 0 Å². The molecule has 0 amide bonds. The summed E-state index contributed by atoms with van der Waals surface area (Å²) >= 11 is 0. The van der Waals surface area contributed by atoms with Gasteiger partial charge < -0.3 is 10.2 Å². The van der Waals surface area contributed by atoms with Crippen LogP contribution in [0.5, 0.6) is 5.75 Å². The zero-order valence-corrected chi connectivity index (χ0v) is 9.80. The maximum atomic E-state index is 10.3. The summed E-state index contributed by atoms with van der Waals surface area (Å²) in [5.41, 5.74) is 2.70. The van der Waals surface area contributed by atoms with Crippen LogP contribution in [0.25, 0.3) is 0 Å². The Bertz CT molecular complexity index is 492. The quantitative estimate of drug-likeness (QED) is 0.847. The van der Waals surface area contributed by atoms with Crippen molar-refractivity contribution in [2.45, 2.75) is 19.4 Å². The third-order valence-corrected chi connectivity index (χ3v) is 2.92. The lowest BCUT2D eigenvalue weighted by Gasteiger charge is -2.15. The molecule has 0 aromatic heterocycles. The van der Waals surface area contributed by atoms with E-state index < -0.39 is 6.10 Å². The van der Waals surface area contributed by atoms with E-state index in [0.717, 1.165) is 23.1 Å². The summed E-state index contributed by atoms with van der Waals surface area (Å²) in [7, 11) is 0. The summed E-state index contributed by atoms with van der Waals surface area (Å²) in [5.74, 6) is 0.242. The van der Waals surface area contributed by atoms with Crippen LogP contribution in [0.2, 0.25) is 0 Å². The fourth-order valence-electron chi connectivity index (χ4n) is 1.98. The Labute approximate surface area is 101 Å². The molecule has 2 N–H and O–H groups in total. The van der Waals surface area contributed by atoms with Gasteiger partial charge in [-0.05, 0) is 35.2 Å². The van der Waals surface area contributed by atoms with E-state index in [-0.39, 0.29) is 5.75 Å². The number of aliphatic hydroxyl groups is 1. The lowest BCUT2D eigenvalue weighted by Crippen LogP contribution is -2.03. The van der Waals surface area contributed by atoms with Gasteiger partial charge >= 0.3 is 0 Å². The fourth-order valence-corrected chi connectivity index (χ4v) is 1.98. The van der Waals surface area contributed by atoms with Crippen LogP contribution in [0.4, 0.5) is 0 Å². The predicted molar refractivity (Wildman–Crippen MR) is 68.0 cm³/mol. The highest BCUT2D eigenvalue weighted by molar-refractivity contribution is 5.40. The van der Waals surface area contributed by atoms with Gasteiger partial charge in [-0.3, -0.25) is 0 Å². The number of aryl methyl sites for hydroxylation is 1. The Morgan fingerprint density at radius 2 is 1.76 bits per heavy atom. The first-order chi connectivity index (χ1) is 8.22. The van der Waals surface area contributed by atoms with Crippen LogP contribution in [0, 0.1) is 0 Å². The summed E-state index contributed by atoms with van der Waals surface area (Å²) in [5, 5.41) is 19.8. The van der Waals surface area contributed by atoms with Gasteiger partial charge in [0, 0.05) is 0 Å². The van der Waals surface area contributed by atoms with E-state index in [1.54, 1.807) is 18.2 Å². The summed E-state index contributed by atoms with van der Waals surface area (Å²) < 4.78 is 0. The van der Waals surface area contributed by atoms with Crippen molar-refractivity contribution in [3.05, 3.63) is 65.2 Å². The van der Waals surface area contributed by atoms with E-state index in [0.29, 0.717) is 0 Å². The van der Waals surface area contributed by atoms with Crippen molar-refractivity contribution in [3.8, 4) is 5.75 Å². The first-order valence-electron chi connectivity index (χ1n) is 5.77. The van der Waals surface area contributed by atoms with E-state index in [2.05, 4.69) is 0 Å². The second kappa shape index (κ2) is 5.02. The first-order valence-corrected chi connectivity index (χ1v) is 5.77. The minimum absolute atomic E-state index is 0.242. The highest BCUT2D eigenvalue weighted by Crippen LogP contribution is 2.27. The monoisotopic (exact) mass is 228 g/mol. The highest BCUT2D eigenvalue weighted by Gasteiger charge is 2.13. The fraction of sp³-hybridized carbons (Fsp3) is 0.200. The smallest absolute Gasteiger partial charge is 0.115 e. The molecule has 2 rings (SSSR count). The Balaban J connectivity index is 2.40. The molecule has 17 heavy (non-hydrogen) atoms. The molecule has 0 bridgehead atoms. The number of rotatable bonds is 3. The zero-order valence-electron chi connectivity index (χ0n) is 9.80. The van der Waals surface area contributed by atoms with Gasteiger partial charge in [0.15, 0.2) is 0 Å². The van der Waals surface area contributed by atoms with E-state index in [4.69, 9.17) is 0 Å². The normalized spacial score (nSPS) is 12.4. The van der Waals surface area contributed by atoms with Gasteiger partial charge in [-0.15, -0.1) is 0 Å². The van der Waals surface area contributed by atoms with Crippen LogP contribution in [-0.2, 0) is 6.42 Å². The van der Waals surface area contributed by atoms with E-state index in [1.165, 1.54) is 0 Å². The minimum atomic E-state index is -0.633. The molecule has 0 aliphatic rings. The third-order valence-electron chi connectivity index (χ3n) is 2.92. The van der Waals surface area contributed by atoms with Gasteiger partial charge in [-0.2, -0.15) is 0 Å². The maximum Gasteiger partial charge on any atom is 0.115 e. The second-order valence-electron chi connectivity index (χ2n) is 4.05. The molecule has 0 saturated carbocycles. The van der Waals surface area contributed by atoms with Gasteiger partial charge in [0.05, 0.1) is 0 Å². The van der Waals surface area contributed by atoms with E-state index >= 15 is 0 Å². The largest absolute Gasteiger partial charge is 0.508 e. The maximum absolute atomic E-state index is 10.3. The Kier molecular flexibility index (Phi) is 3.45. The molecule has 0 heterocycles. The van der Waals surface area contributed by atoms with Gasteiger partial charge in [0.2, 0.25) is 0 Å². The van der Waals surface area contributed by atoms with Crippen LogP contribution in [0.3, 0.4) is 0 Å². The number of phenolic OH excluding ortho intramolecular Hbond substituents is 1. The van der Waals surface area contributed by atoms with E-state index in [9.17, 15) is 10.2 Å². The second-order valence-corrected chi connectivity index (χ2v) is 4.05. The van der Waals surface area contributed by atoms with Crippen molar-refractivity contribution in [2.24, 2.45) is 0 Å². The zero-order chi connectivity index (χ0) is 12.3. The van der Waals surface area contributed by atoms with Gasteiger partial charge in [0.25, 0.3) is 0 Å². The van der Waals surface area contributed by atoms with Crippen molar-refractivity contribution < 1.29 is 10.2 Å². The van der Waals surface area contributed by atoms with Gasteiger partial charge in [-0.25, -0.2) is 0 Å². The molecule has 0 saturated heterocycles. The molecule has 0 aliphatic carbocycles. The third kappa shape index (κ3) is 2.48. The summed E-state index contributed by atoms with van der Waals surface area (Å²) in [6, 6.07) is 14.6. The average Bonchev–Trinajstić information content (AvgIpc) is 2.39. The molecule has 0 spiro atoms. The molecule has 0 radical (unpaired) electrons. The molecule has 88 valence electrons. The molecule has 2 nitrogen and oxygen atoms in total. The predicted octanol–water partition coefficient (Wildman–Crippen LogP) is 3.04. The molecule has 2 aromatic carbocycles. The van der Waals surface area contributed by atoms with Crippen molar-refractivity contribution >= 4 is 0 Å². The van der Waals surface area contributed by atoms with Gasteiger partial charge in [0.1, 0.15) is 11.9 Å². The van der Waals surface area contributed by atoms with Crippen molar-refractivity contribution in [1.29, 1.82) is 0 Å². The Hall–Kier alpha value is -1.80. The number of phenols is 1. The lowest BCUT2D eigenvalue weighted by atomic mass is 9.95. The molecule has 0 fully saturated rings. The molecular formula is C15H16O2. The number of hydrogen-bond acceptors (Lipinski definition) is 2. The molecule has 2 heteroatoms. The number of aromatic hydroxyl groups is 1. The Morgan fingerprint density at radius 1 is 1.06 bits per heavy atom. The number of benzene rings is 2. The summed E-state index contributed by atoms with van der Waals surface area (Å²) in [6.45, 7) is 2.01. The molecule has 1 unspecified atom stereocenters. The lowest BCUT2D eigenvalue weighted by molar-refractivity contribution is 0.219. The van der Waals surface area contributed by atoms with Crippen molar-refractivity contribution in [3.63, 3.8) is 0 Å². The first kappa shape index (κ1) is 11.7. The Morgan fingerprint density at radius 3 is 2.41 bits per heavy atom. The summed E-state index contributed by atoms with van der Waals surface area (Å²) in [6.07, 6.45) is 0.153. The minimum Gasteiger partial charge on any atom is -0.508 e. The van der Waals surface area contributed by atoms with Crippen LogP contribution in [0.1, 0.15) is 29.7 Å². The molecule has 2 aromatic rings. The summed E-state index contributed by atoms with van der Waals surface area (Å²) in [4.78, 5) is 0.